The van der Waals surface area contributed by atoms with Gasteiger partial charge in [-0.1, -0.05) is 47.5 Å². The first kappa shape index (κ1) is 17.8. The van der Waals surface area contributed by atoms with Crippen LogP contribution in [0.2, 0.25) is 10.0 Å². The van der Waals surface area contributed by atoms with Crippen LogP contribution < -0.4 is 0 Å². The number of aliphatic hydroxyl groups is 1. The zero-order valence-corrected chi connectivity index (χ0v) is 15.2. The summed E-state index contributed by atoms with van der Waals surface area (Å²) in [4.78, 5) is 2.44. The van der Waals surface area contributed by atoms with Crippen molar-refractivity contribution in [3.05, 3.63) is 69.7 Å². The third-order valence-corrected chi connectivity index (χ3v) is 5.64. The molecule has 1 N–H and O–H groups in total. The van der Waals surface area contributed by atoms with Gasteiger partial charge >= 0.3 is 0 Å². The van der Waals surface area contributed by atoms with Crippen molar-refractivity contribution in [2.75, 3.05) is 26.2 Å². The van der Waals surface area contributed by atoms with Gasteiger partial charge in [0.15, 0.2) is 0 Å². The topological polar surface area (TPSA) is 23.5 Å². The molecule has 0 aliphatic carbocycles. The Bertz CT molecular complexity index is 599. The number of hydrogen-bond acceptors (Lipinski definition) is 2. The molecule has 24 heavy (non-hydrogen) atoms. The fraction of sp³-hybridized carbons (Fsp3) is 0.400. The minimum atomic E-state index is 0.00485. The minimum Gasteiger partial charge on any atom is -0.396 e. The summed E-state index contributed by atoms with van der Waals surface area (Å²) >= 11 is 12.2. The van der Waals surface area contributed by atoms with Gasteiger partial charge in [-0.15, -0.1) is 0 Å². The first-order valence-electron chi connectivity index (χ1n) is 8.49. The summed E-state index contributed by atoms with van der Waals surface area (Å²) in [6.07, 6.45) is 2.96. The Kier molecular flexibility index (Phi) is 5.83. The summed E-state index contributed by atoms with van der Waals surface area (Å²) in [5, 5.41) is 10.6. The largest absolute Gasteiger partial charge is 0.396 e. The van der Waals surface area contributed by atoms with E-state index in [1.54, 1.807) is 0 Å². The highest BCUT2D eigenvalue weighted by Gasteiger charge is 2.37. The summed E-state index contributed by atoms with van der Waals surface area (Å²) in [6, 6.07) is 16.5. The Morgan fingerprint density at radius 3 is 1.71 bits per heavy atom. The molecule has 4 heteroatoms. The second kappa shape index (κ2) is 7.88. The van der Waals surface area contributed by atoms with Crippen molar-refractivity contribution in [1.29, 1.82) is 0 Å². The molecular weight excluding hydrogens is 341 g/mol. The molecule has 1 saturated heterocycles. The van der Waals surface area contributed by atoms with Crippen LogP contribution in [-0.4, -0.2) is 36.2 Å². The van der Waals surface area contributed by atoms with Gasteiger partial charge in [-0.3, -0.25) is 0 Å². The molecule has 0 spiro atoms. The van der Waals surface area contributed by atoms with E-state index in [9.17, 15) is 0 Å². The number of likely N-dealkylation sites (tertiary alicyclic amines) is 1. The van der Waals surface area contributed by atoms with Gasteiger partial charge < -0.3 is 10.0 Å². The summed E-state index contributed by atoms with van der Waals surface area (Å²) in [7, 11) is 0. The number of aliphatic hydroxyl groups excluding tert-OH is 1. The van der Waals surface area contributed by atoms with Crippen LogP contribution in [0.25, 0.3) is 0 Å². The number of nitrogens with zero attached hydrogens (tertiary/aromatic N) is 1. The fourth-order valence-electron chi connectivity index (χ4n) is 3.73. The molecule has 1 fully saturated rings. The third kappa shape index (κ3) is 3.78. The molecule has 0 unspecified atom stereocenters. The quantitative estimate of drug-likeness (QED) is 0.827. The molecule has 2 nitrogen and oxygen atoms in total. The second-order valence-corrected chi connectivity index (χ2v) is 7.39. The zero-order chi connectivity index (χ0) is 17.0. The van der Waals surface area contributed by atoms with Gasteiger partial charge in [-0.2, -0.15) is 0 Å². The van der Waals surface area contributed by atoms with Crippen molar-refractivity contribution < 1.29 is 5.11 Å². The van der Waals surface area contributed by atoms with Crippen molar-refractivity contribution in [3.63, 3.8) is 0 Å². The molecule has 0 bridgehead atoms. The smallest absolute Gasteiger partial charge is 0.0443 e. The fourth-order valence-corrected chi connectivity index (χ4v) is 3.99. The predicted molar refractivity (Wildman–Crippen MR) is 101 cm³/mol. The summed E-state index contributed by atoms with van der Waals surface area (Å²) in [5.41, 5.74) is 2.64. The lowest BCUT2D eigenvalue weighted by Gasteiger charge is -2.43. The van der Waals surface area contributed by atoms with Crippen LogP contribution in [0, 0.1) is 0 Å². The van der Waals surface area contributed by atoms with Crippen molar-refractivity contribution in [1.82, 2.24) is 4.90 Å². The lowest BCUT2D eigenvalue weighted by Crippen LogP contribution is -2.43. The van der Waals surface area contributed by atoms with Crippen molar-refractivity contribution in [3.8, 4) is 0 Å². The number of hydrogen-bond donors (Lipinski definition) is 1. The second-order valence-electron chi connectivity index (χ2n) is 6.51. The van der Waals surface area contributed by atoms with E-state index >= 15 is 0 Å². The number of halogens is 2. The van der Waals surface area contributed by atoms with Crippen molar-refractivity contribution >= 4 is 23.2 Å². The third-order valence-electron chi connectivity index (χ3n) is 5.14. The maximum atomic E-state index is 9.06. The number of rotatable bonds is 5. The van der Waals surface area contributed by atoms with Gasteiger partial charge in [-0.25, -0.2) is 0 Å². The van der Waals surface area contributed by atoms with Crippen molar-refractivity contribution in [2.45, 2.75) is 24.7 Å². The van der Waals surface area contributed by atoms with Crippen LogP contribution in [0.15, 0.2) is 48.5 Å². The Balaban J connectivity index is 1.91. The molecule has 1 aliphatic rings. The van der Waals surface area contributed by atoms with E-state index in [0.717, 1.165) is 48.9 Å². The number of benzene rings is 2. The first-order chi connectivity index (χ1) is 11.6. The van der Waals surface area contributed by atoms with E-state index in [4.69, 9.17) is 28.3 Å². The van der Waals surface area contributed by atoms with E-state index in [2.05, 4.69) is 29.2 Å². The van der Waals surface area contributed by atoms with E-state index in [0.29, 0.717) is 0 Å². The molecule has 0 aromatic heterocycles. The summed E-state index contributed by atoms with van der Waals surface area (Å²) in [6.45, 7) is 3.29. The molecule has 2 aromatic rings. The molecule has 3 rings (SSSR count). The maximum Gasteiger partial charge on any atom is 0.0443 e. The van der Waals surface area contributed by atoms with Crippen LogP contribution in [0.3, 0.4) is 0 Å². The Hall–Kier alpha value is -1.06. The normalized spacial score (nSPS) is 17.8. The van der Waals surface area contributed by atoms with Crippen LogP contribution in [0.4, 0.5) is 0 Å². The van der Waals surface area contributed by atoms with E-state index in [1.165, 1.54) is 11.1 Å². The lowest BCUT2D eigenvalue weighted by molar-refractivity contribution is 0.163. The highest BCUT2D eigenvalue weighted by atomic mass is 35.5. The molecule has 0 saturated carbocycles. The molecule has 1 heterocycles. The van der Waals surface area contributed by atoms with E-state index in [1.807, 2.05) is 24.3 Å². The van der Waals surface area contributed by atoms with Gasteiger partial charge in [0.2, 0.25) is 0 Å². The highest BCUT2D eigenvalue weighted by Crippen LogP contribution is 2.42. The maximum absolute atomic E-state index is 9.06. The van der Waals surface area contributed by atoms with Gasteiger partial charge in [0.05, 0.1) is 0 Å². The molecule has 1 aliphatic heterocycles. The van der Waals surface area contributed by atoms with Crippen LogP contribution in [0.1, 0.15) is 30.4 Å². The summed E-state index contributed by atoms with van der Waals surface area (Å²) in [5.74, 6) is 0. The first-order valence-corrected chi connectivity index (χ1v) is 9.25. The highest BCUT2D eigenvalue weighted by molar-refractivity contribution is 6.30. The standard InChI is InChI=1S/C20H23Cl2NO/c21-18-6-2-16(3-7-18)20(17-4-8-19(22)9-5-17)10-13-23(14-11-20)12-1-15-24/h2-9,24H,1,10-15H2. The van der Waals surface area contributed by atoms with E-state index < -0.39 is 0 Å². The van der Waals surface area contributed by atoms with Crippen molar-refractivity contribution in [2.24, 2.45) is 0 Å². The van der Waals surface area contributed by atoms with Gasteiger partial charge in [0.1, 0.15) is 0 Å². The Morgan fingerprint density at radius 2 is 1.29 bits per heavy atom. The van der Waals surface area contributed by atoms with Gasteiger partial charge in [-0.05, 0) is 67.7 Å². The molecule has 0 radical (unpaired) electrons. The summed E-state index contributed by atoms with van der Waals surface area (Å²) < 4.78 is 0. The molecular formula is C20H23Cl2NO. The SMILES string of the molecule is OCCCN1CCC(c2ccc(Cl)cc2)(c2ccc(Cl)cc2)CC1. The molecule has 128 valence electrons. The lowest BCUT2D eigenvalue weighted by atomic mass is 9.68. The van der Waals surface area contributed by atoms with Crippen LogP contribution >= 0.6 is 23.2 Å². The average molecular weight is 364 g/mol. The zero-order valence-electron chi connectivity index (χ0n) is 13.7. The van der Waals surface area contributed by atoms with Gasteiger partial charge in [0.25, 0.3) is 0 Å². The monoisotopic (exact) mass is 363 g/mol. The number of piperidine rings is 1. The van der Waals surface area contributed by atoms with Gasteiger partial charge in [0, 0.05) is 28.6 Å². The molecule has 0 amide bonds. The molecule has 2 aromatic carbocycles. The molecule has 0 atom stereocenters. The van der Waals surface area contributed by atoms with Crippen LogP contribution in [0.5, 0.6) is 0 Å². The Morgan fingerprint density at radius 1 is 0.833 bits per heavy atom. The predicted octanol–water partition coefficient (Wildman–Crippen LogP) is 4.76. The van der Waals surface area contributed by atoms with Crippen LogP contribution in [-0.2, 0) is 5.41 Å². The van der Waals surface area contributed by atoms with E-state index in [-0.39, 0.29) is 12.0 Å². The average Bonchev–Trinajstić information content (AvgIpc) is 2.62. The minimum absolute atomic E-state index is 0.00485. The Labute approximate surface area is 154 Å².